The van der Waals surface area contributed by atoms with E-state index in [0.29, 0.717) is 6.54 Å². The van der Waals surface area contributed by atoms with E-state index in [-0.39, 0.29) is 23.8 Å². The fourth-order valence-corrected chi connectivity index (χ4v) is 4.27. The molecule has 1 saturated heterocycles. The lowest BCUT2D eigenvalue weighted by Crippen LogP contribution is -2.30. The van der Waals surface area contributed by atoms with Gasteiger partial charge in [-0.2, -0.15) is 0 Å². The molecule has 0 bridgehead atoms. The maximum Gasteiger partial charge on any atom is 0.240 e. The Morgan fingerprint density at radius 1 is 1.14 bits per heavy atom. The van der Waals surface area contributed by atoms with Gasteiger partial charge in [0.25, 0.3) is 0 Å². The van der Waals surface area contributed by atoms with Crippen molar-refractivity contribution in [1.29, 1.82) is 0 Å². The zero-order chi connectivity index (χ0) is 20.0. The maximum absolute atomic E-state index is 12.2. The van der Waals surface area contributed by atoms with Crippen molar-refractivity contribution in [2.75, 3.05) is 24.5 Å². The standard InChI is InChI=1S/C19H23BrN4O3S/c20-16-3-5-17(6-4-16)28(26,27)23-10-8-19(25)22-14-15-7-9-21-18(13-15)24-11-1-2-12-24/h3-7,9,13,23H,1-2,8,10-12,14H2,(H,22,25). The average Bonchev–Trinajstić information content (AvgIpc) is 3.22. The summed E-state index contributed by atoms with van der Waals surface area (Å²) < 4.78 is 27.6. The summed E-state index contributed by atoms with van der Waals surface area (Å²) in [5, 5.41) is 2.82. The monoisotopic (exact) mass is 466 g/mol. The van der Waals surface area contributed by atoms with Gasteiger partial charge in [-0.3, -0.25) is 4.79 Å². The summed E-state index contributed by atoms with van der Waals surface area (Å²) in [6.45, 7) is 2.46. The lowest BCUT2D eigenvalue weighted by molar-refractivity contribution is -0.121. The Morgan fingerprint density at radius 2 is 1.86 bits per heavy atom. The minimum absolute atomic E-state index is 0.0413. The largest absolute Gasteiger partial charge is 0.357 e. The van der Waals surface area contributed by atoms with Crippen LogP contribution in [0.5, 0.6) is 0 Å². The van der Waals surface area contributed by atoms with Crippen LogP contribution in [0, 0.1) is 0 Å². The van der Waals surface area contributed by atoms with E-state index < -0.39 is 10.0 Å². The van der Waals surface area contributed by atoms with E-state index in [1.165, 1.54) is 25.0 Å². The number of halogens is 1. The van der Waals surface area contributed by atoms with Crippen LogP contribution in [0.1, 0.15) is 24.8 Å². The van der Waals surface area contributed by atoms with Gasteiger partial charge in [0.05, 0.1) is 4.90 Å². The van der Waals surface area contributed by atoms with Gasteiger partial charge in [0, 0.05) is 43.3 Å². The number of nitrogens with one attached hydrogen (secondary N) is 2. The third-order valence-electron chi connectivity index (χ3n) is 4.50. The second kappa shape index (κ2) is 9.49. The smallest absolute Gasteiger partial charge is 0.240 e. The molecule has 0 aliphatic carbocycles. The summed E-state index contributed by atoms with van der Waals surface area (Å²) >= 11 is 3.27. The fourth-order valence-electron chi connectivity index (χ4n) is 2.97. The van der Waals surface area contributed by atoms with Crippen LogP contribution in [0.25, 0.3) is 0 Å². The van der Waals surface area contributed by atoms with Crippen LogP contribution in [0.4, 0.5) is 5.82 Å². The molecule has 1 fully saturated rings. The molecule has 2 N–H and O–H groups in total. The first-order valence-corrected chi connectivity index (χ1v) is 11.4. The fraction of sp³-hybridized carbons (Fsp3) is 0.368. The normalized spacial score (nSPS) is 14.2. The van der Waals surface area contributed by atoms with Crippen molar-refractivity contribution in [2.24, 2.45) is 0 Å². The van der Waals surface area contributed by atoms with Crippen LogP contribution >= 0.6 is 15.9 Å². The molecule has 1 aliphatic heterocycles. The topological polar surface area (TPSA) is 91.4 Å². The summed E-state index contributed by atoms with van der Waals surface area (Å²) in [4.78, 5) is 18.8. The predicted octanol–water partition coefficient (Wildman–Crippen LogP) is 2.43. The Kier molecular flexibility index (Phi) is 7.03. The average molecular weight is 467 g/mol. The first kappa shape index (κ1) is 20.8. The summed E-state index contributed by atoms with van der Waals surface area (Å²) in [5.41, 5.74) is 0.973. The van der Waals surface area contributed by atoms with E-state index in [1.807, 2.05) is 12.1 Å². The van der Waals surface area contributed by atoms with Crippen molar-refractivity contribution < 1.29 is 13.2 Å². The molecule has 150 valence electrons. The molecule has 1 aromatic carbocycles. The highest BCUT2D eigenvalue weighted by Gasteiger charge is 2.15. The first-order valence-electron chi connectivity index (χ1n) is 9.16. The molecule has 28 heavy (non-hydrogen) atoms. The van der Waals surface area contributed by atoms with Crippen molar-refractivity contribution in [3.8, 4) is 0 Å². The van der Waals surface area contributed by atoms with E-state index in [1.54, 1.807) is 18.3 Å². The molecule has 0 unspecified atom stereocenters. The Hall–Kier alpha value is -1.97. The van der Waals surface area contributed by atoms with Crippen molar-refractivity contribution in [2.45, 2.75) is 30.7 Å². The van der Waals surface area contributed by atoms with Crippen LogP contribution in [0.15, 0.2) is 52.0 Å². The van der Waals surface area contributed by atoms with Gasteiger partial charge < -0.3 is 10.2 Å². The number of sulfonamides is 1. The highest BCUT2D eigenvalue weighted by Crippen LogP contribution is 2.18. The van der Waals surface area contributed by atoms with Gasteiger partial charge in [0.15, 0.2) is 0 Å². The maximum atomic E-state index is 12.2. The second-order valence-corrected chi connectivity index (χ2v) is 9.28. The molecule has 0 radical (unpaired) electrons. The van der Waals surface area contributed by atoms with Gasteiger partial charge >= 0.3 is 0 Å². The number of nitrogens with zero attached hydrogens (tertiary/aromatic N) is 2. The molecular formula is C19H23BrN4O3S. The number of benzene rings is 1. The minimum Gasteiger partial charge on any atom is -0.357 e. The molecule has 3 rings (SSSR count). The van der Waals surface area contributed by atoms with Crippen LogP contribution in [-0.2, 0) is 21.4 Å². The molecule has 1 aromatic heterocycles. The Labute approximate surface area is 173 Å². The number of carbonyl (C=O) groups is 1. The number of carbonyl (C=O) groups excluding carboxylic acids is 1. The van der Waals surface area contributed by atoms with E-state index in [0.717, 1.165) is 28.9 Å². The molecule has 1 aliphatic rings. The Morgan fingerprint density at radius 3 is 2.57 bits per heavy atom. The van der Waals surface area contributed by atoms with E-state index in [4.69, 9.17) is 0 Å². The summed E-state index contributed by atoms with van der Waals surface area (Å²) in [6, 6.07) is 10.2. The van der Waals surface area contributed by atoms with Crippen molar-refractivity contribution in [3.63, 3.8) is 0 Å². The van der Waals surface area contributed by atoms with Crippen LogP contribution < -0.4 is 14.9 Å². The first-order chi connectivity index (χ1) is 13.4. The summed E-state index contributed by atoms with van der Waals surface area (Å²) in [6.07, 6.45) is 4.18. The zero-order valence-electron chi connectivity index (χ0n) is 15.4. The van der Waals surface area contributed by atoms with E-state index in [2.05, 4.69) is 35.9 Å². The number of hydrogen-bond donors (Lipinski definition) is 2. The number of rotatable bonds is 8. The highest BCUT2D eigenvalue weighted by atomic mass is 79.9. The quantitative estimate of drug-likeness (QED) is 0.623. The lowest BCUT2D eigenvalue weighted by atomic mass is 10.2. The lowest BCUT2D eigenvalue weighted by Gasteiger charge is -2.17. The summed E-state index contributed by atoms with van der Waals surface area (Å²) in [5.74, 6) is 0.726. The van der Waals surface area contributed by atoms with Gasteiger partial charge in [0.2, 0.25) is 15.9 Å². The predicted molar refractivity (Wildman–Crippen MR) is 111 cm³/mol. The zero-order valence-corrected chi connectivity index (χ0v) is 17.8. The molecule has 2 aromatic rings. The molecule has 1 amide bonds. The molecule has 0 saturated carbocycles. The van der Waals surface area contributed by atoms with Crippen molar-refractivity contribution in [3.05, 3.63) is 52.6 Å². The SMILES string of the molecule is O=C(CCNS(=O)(=O)c1ccc(Br)cc1)NCc1ccnc(N2CCCC2)c1. The van der Waals surface area contributed by atoms with E-state index in [9.17, 15) is 13.2 Å². The number of aromatic nitrogens is 1. The van der Waals surface area contributed by atoms with Crippen LogP contribution in [0.3, 0.4) is 0 Å². The number of hydrogen-bond acceptors (Lipinski definition) is 5. The minimum atomic E-state index is -3.62. The van der Waals surface area contributed by atoms with Gasteiger partial charge in [-0.15, -0.1) is 0 Å². The van der Waals surface area contributed by atoms with Gasteiger partial charge in [-0.1, -0.05) is 15.9 Å². The molecule has 0 atom stereocenters. The van der Waals surface area contributed by atoms with Crippen molar-refractivity contribution in [1.82, 2.24) is 15.0 Å². The van der Waals surface area contributed by atoms with Crippen molar-refractivity contribution >= 4 is 37.7 Å². The van der Waals surface area contributed by atoms with Crippen LogP contribution in [-0.4, -0.2) is 38.9 Å². The third kappa shape index (κ3) is 5.76. The Bertz CT molecular complexity index is 913. The highest BCUT2D eigenvalue weighted by molar-refractivity contribution is 9.10. The van der Waals surface area contributed by atoms with Gasteiger partial charge in [0.1, 0.15) is 5.82 Å². The van der Waals surface area contributed by atoms with Gasteiger partial charge in [-0.05, 0) is 54.8 Å². The molecule has 0 spiro atoms. The molecule has 2 heterocycles. The van der Waals surface area contributed by atoms with Crippen LogP contribution in [0.2, 0.25) is 0 Å². The number of amides is 1. The second-order valence-electron chi connectivity index (χ2n) is 6.59. The molecule has 9 heteroatoms. The number of pyridine rings is 1. The molecule has 7 nitrogen and oxygen atoms in total. The Balaban J connectivity index is 1.44. The van der Waals surface area contributed by atoms with E-state index >= 15 is 0 Å². The molecular weight excluding hydrogens is 444 g/mol. The van der Waals surface area contributed by atoms with Gasteiger partial charge in [-0.25, -0.2) is 18.1 Å². The third-order valence-corrected chi connectivity index (χ3v) is 6.50. The summed E-state index contributed by atoms with van der Waals surface area (Å²) in [7, 11) is -3.62. The number of anilines is 1.